The molecule has 0 aliphatic rings. The van der Waals surface area contributed by atoms with Crippen molar-refractivity contribution in [2.45, 2.75) is 64.2 Å². The second-order valence-corrected chi connectivity index (χ2v) is 7.05. The average Bonchev–Trinajstić information content (AvgIpc) is 2.66. The maximum absolute atomic E-state index is 8.69. The third kappa shape index (κ3) is 23.8. The lowest BCUT2D eigenvalue weighted by Crippen LogP contribution is -2.25. The summed E-state index contributed by atoms with van der Waals surface area (Å²) in [5.41, 5.74) is 5.48. The van der Waals surface area contributed by atoms with E-state index in [4.69, 9.17) is 10.8 Å². The van der Waals surface area contributed by atoms with Crippen LogP contribution in [0, 0.1) is 0 Å². The van der Waals surface area contributed by atoms with Crippen molar-refractivity contribution < 1.29 is 5.11 Å². The van der Waals surface area contributed by atoms with Crippen molar-refractivity contribution >= 4 is 0 Å². The number of aliphatic hydroxyl groups excluding tert-OH is 1. The Balaban J connectivity index is 2.95. The lowest BCUT2D eigenvalue weighted by molar-refractivity contribution is 0.283. The number of unbranched alkanes of at least 4 members (excludes halogenated alkanes) is 5. The van der Waals surface area contributed by atoms with Gasteiger partial charge < -0.3 is 32.1 Å². The smallest absolute Gasteiger partial charge is 0.0431 e. The quantitative estimate of drug-likeness (QED) is 0.151. The van der Waals surface area contributed by atoms with Crippen LogP contribution in [0.25, 0.3) is 0 Å². The number of nitrogens with two attached hydrogens (primary N) is 1. The highest BCUT2D eigenvalue weighted by molar-refractivity contribution is 4.56. The lowest BCUT2D eigenvalue weighted by Gasteiger charge is -2.08. The minimum absolute atomic E-state index is 0.326. The molecular formula is C20H47N5O. The highest BCUT2D eigenvalue weighted by Crippen LogP contribution is 1.92. The molecule has 0 fully saturated rings. The van der Waals surface area contributed by atoms with Crippen LogP contribution in [0.3, 0.4) is 0 Å². The van der Waals surface area contributed by atoms with Crippen LogP contribution in [0.1, 0.15) is 64.2 Å². The van der Waals surface area contributed by atoms with E-state index >= 15 is 0 Å². The van der Waals surface area contributed by atoms with Crippen molar-refractivity contribution in [1.29, 1.82) is 0 Å². The van der Waals surface area contributed by atoms with Gasteiger partial charge in [0.2, 0.25) is 0 Å². The Labute approximate surface area is 162 Å². The largest absolute Gasteiger partial charge is 0.396 e. The molecule has 0 saturated heterocycles. The van der Waals surface area contributed by atoms with E-state index in [9.17, 15) is 0 Å². The molecule has 0 heterocycles. The Morgan fingerprint density at radius 2 is 0.769 bits per heavy atom. The zero-order chi connectivity index (χ0) is 19.0. The molecule has 0 aliphatic heterocycles. The first-order valence-electron chi connectivity index (χ1n) is 11.1. The van der Waals surface area contributed by atoms with E-state index in [0.717, 1.165) is 78.2 Å². The van der Waals surface area contributed by atoms with Gasteiger partial charge in [-0.25, -0.2) is 0 Å². The summed E-state index contributed by atoms with van der Waals surface area (Å²) in [4.78, 5) is 0. The van der Waals surface area contributed by atoms with Gasteiger partial charge >= 0.3 is 0 Å². The van der Waals surface area contributed by atoms with Crippen molar-refractivity contribution in [3.05, 3.63) is 0 Å². The highest BCUT2D eigenvalue weighted by atomic mass is 16.2. The van der Waals surface area contributed by atoms with Gasteiger partial charge in [0.25, 0.3) is 0 Å². The van der Waals surface area contributed by atoms with E-state index in [0.29, 0.717) is 6.61 Å². The molecule has 0 atom stereocenters. The zero-order valence-electron chi connectivity index (χ0n) is 17.2. The lowest BCUT2D eigenvalue weighted by atomic mass is 10.2. The van der Waals surface area contributed by atoms with E-state index in [-0.39, 0.29) is 0 Å². The van der Waals surface area contributed by atoms with Crippen molar-refractivity contribution in [2.24, 2.45) is 5.73 Å². The summed E-state index contributed by atoms with van der Waals surface area (Å²) in [6, 6.07) is 0. The SMILES string of the molecule is NCCCCCNCCCNCCCCNCCCNCCCCCO. The fourth-order valence-corrected chi connectivity index (χ4v) is 2.79. The van der Waals surface area contributed by atoms with Gasteiger partial charge in [-0.1, -0.05) is 6.42 Å². The second kappa shape index (κ2) is 24.8. The van der Waals surface area contributed by atoms with Crippen LogP contribution < -0.4 is 27.0 Å². The molecule has 0 aromatic rings. The number of aliphatic hydroxyl groups is 1. The third-order valence-corrected chi connectivity index (χ3v) is 4.44. The van der Waals surface area contributed by atoms with E-state index < -0.39 is 0 Å². The molecule has 0 radical (unpaired) electrons. The first-order chi connectivity index (χ1) is 12.9. The van der Waals surface area contributed by atoms with E-state index in [2.05, 4.69) is 21.3 Å². The summed E-state index contributed by atoms with van der Waals surface area (Å²) in [5, 5.41) is 22.7. The highest BCUT2D eigenvalue weighted by Gasteiger charge is 1.93. The van der Waals surface area contributed by atoms with Crippen molar-refractivity contribution in [2.75, 3.05) is 65.5 Å². The Bertz CT molecular complexity index is 220. The molecule has 0 spiro atoms. The zero-order valence-corrected chi connectivity index (χ0v) is 17.2. The predicted molar refractivity (Wildman–Crippen MR) is 114 cm³/mol. The standard InChI is InChI=1S/C20H47N5O/c21-11-3-1-4-12-22-16-9-18-24-14-6-7-15-25-19-10-17-23-13-5-2-8-20-26/h22-26H,1-21H2. The van der Waals surface area contributed by atoms with E-state index in [1.54, 1.807) is 0 Å². The summed E-state index contributed by atoms with van der Waals surface area (Å²) in [6.07, 6.45) is 11.8. The van der Waals surface area contributed by atoms with E-state index in [1.807, 2.05) is 0 Å². The molecule has 26 heavy (non-hydrogen) atoms. The molecule has 0 aliphatic carbocycles. The molecule has 0 aromatic heterocycles. The molecule has 7 N–H and O–H groups in total. The summed E-state index contributed by atoms with van der Waals surface area (Å²) in [7, 11) is 0. The number of hydrogen-bond acceptors (Lipinski definition) is 6. The molecule has 0 unspecified atom stereocenters. The summed E-state index contributed by atoms with van der Waals surface area (Å²) >= 11 is 0. The molecule has 0 saturated carbocycles. The molecule has 0 amide bonds. The Hall–Kier alpha value is -0.240. The van der Waals surface area contributed by atoms with Crippen molar-refractivity contribution in [3.63, 3.8) is 0 Å². The molecule has 0 bridgehead atoms. The van der Waals surface area contributed by atoms with Crippen LogP contribution in [0.15, 0.2) is 0 Å². The average molecular weight is 374 g/mol. The molecule has 158 valence electrons. The molecule has 6 heteroatoms. The fraction of sp³-hybridized carbons (Fsp3) is 1.00. The molecular weight excluding hydrogens is 326 g/mol. The van der Waals surface area contributed by atoms with Gasteiger partial charge in [0.05, 0.1) is 0 Å². The third-order valence-electron chi connectivity index (χ3n) is 4.44. The van der Waals surface area contributed by atoms with Crippen LogP contribution in [-0.2, 0) is 0 Å². The van der Waals surface area contributed by atoms with Crippen LogP contribution >= 0.6 is 0 Å². The Morgan fingerprint density at radius 1 is 0.423 bits per heavy atom. The second-order valence-electron chi connectivity index (χ2n) is 7.05. The maximum Gasteiger partial charge on any atom is 0.0431 e. The number of hydrogen-bond donors (Lipinski definition) is 6. The summed E-state index contributed by atoms with van der Waals surface area (Å²) in [6.45, 7) is 10.1. The number of rotatable bonds is 23. The fourth-order valence-electron chi connectivity index (χ4n) is 2.79. The van der Waals surface area contributed by atoms with Gasteiger partial charge in [0.15, 0.2) is 0 Å². The van der Waals surface area contributed by atoms with Crippen molar-refractivity contribution in [3.8, 4) is 0 Å². The van der Waals surface area contributed by atoms with Crippen LogP contribution in [-0.4, -0.2) is 70.6 Å². The first-order valence-corrected chi connectivity index (χ1v) is 11.1. The Morgan fingerprint density at radius 3 is 1.15 bits per heavy atom. The van der Waals surface area contributed by atoms with Crippen LogP contribution in [0.4, 0.5) is 0 Å². The monoisotopic (exact) mass is 373 g/mol. The topological polar surface area (TPSA) is 94.4 Å². The van der Waals surface area contributed by atoms with Gasteiger partial charge in [-0.05, 0) is 117 Å². The maximum atomic E-state index is 8.69. The number of nitrogens with one attached hydrogen (secondary N) is 4. The first kappa shape index (κ1) is 25.8. The normalized spacial score (nSPS) is 11.3. The molecule has 6 nitrogen and oxygen atoms in total. The van der Waals surface area contributed by atoms with Gasteiger partial charge in [-0.2, -0.15) is 0 Å². The molecule has 0 aromatic carbocycles. The van der Waals surface area contributed by atoms with E-state index in [1.165, 1.54) is 44.9 Å². The van der Waals surface area contributed by atoms with Gasteiger partial charge in [-0.15, -0.1) is 0 Å². The Kier molecular flexibility index (Phi) is 24.5. The minimum atomic E-state index is 0.326. The van der Waals surface area contributed by atoms with Gasteiger partial charge in [0, 0.05) is 6.61 Å². The predicted octanol–water partition coefficient (Wildman–Crippen LogP) is 1.20. The van der Waals surface area contributed by atoms with Crippen LogP contribution in [0.2, 0.25) is 0 Å². The summed E-state index contributed by atoms with van der Waals surface area (Å²) in [5.74, 6) is 0. The minimum Gasteiger partial charge on any atom is -0.396 e. The summed E-state index contributed by atoms with van der Waals surface area (Å²) < 4.78 is 0. The van der Waals surface area contributed by atoms with Crippen LogP contribution in [0.5, 0.6) is 0 Å². The molecule has 0 rings (SSSR count). The van der Waals surface area contributed by atoms with Crippen molar-refractivity contribution in [1.82, 2.24) is 21.3 Å². The van der Waals surface area contributed by atoms with Gasteiger partial charge in [0.1, 0.15) is 0 Å². The van der Waals surface area contributed by atoms with Gasteiger partial charge in [-0.3, -0.25) is 0 Å².